The number of hydrogen-bond donors (Lipinski definition) is 2. The lowest BCUT2D eigenvalue weighted by molar-refractivity contribution is 0.0952. The van der Waals surface area contributed by atoms with E-state index in [1.165, 1.54) is 41.2 Å². The molecule has 34 heavy (non-hydrogen) atoms. The number of carbonyl (C=O) groups is 1. The van der Waals surface area contributed by atoms with Crippen molar-refractivity contribution in [3.63, 3.8) is 0 Å². The second-order valence-electron chi connectivity index (χ2n) is 10.1. The molecule has 0 radical (unpaired) electrons. The van der Waals surface area contributed by atoms with E-state index in [0.717, 1.165) is 24.9 Å². The lowest BCUT2D eigenvalue weighted by atomic mass is 9.80. The maximum Gasteiger partial charge on any atom is 0.251 e. The second kappa shape index (κ2) is 11.6. The Bertz CT molecular complexity index is 1070. The van der Waals surface area contributed by atoms with Crippen LogP contribution in [0, 0.1) is 0 Å². The zero-order chi connectivity index (χ0) is 23.9. The van der Waals surface area contributed by atoms with E-state index >= 15 is 0 Å². The fourth-order valence-corrected chi connectivity index (χ4v) is 5.32. The van der Waals surface area contributed by atoms with Gasteiger partial charge in [-0.2, -0.15) is 0 Å². The summed E-state index contributed by atoms with van der Waals surface area (Å²) in [5, 5.41) is 9.60. The Kier molecular flexibility index (Phi) is 8.36. The zero-order valence-corrected chi connectivity index (χ0v) is 20.9. The molecule has 3 aromatic rings. The molecule has 1 aliphatic carbocycles. The van der Waals surface area contributed by atoms with Crippen molar-refractivity contribution >= 4 is 16.7 Å². The molecular weight excluding hydrogens is 418 g/mol. The van der Waals surface area contributed by atoms with Crippen molar-refractivity contribution in [3.8, 4) is 0 Å². The van der Waals surface area contributed by atoms with Crippen LogP contribution in [0.4, 0.5) is 0 Å². The molecule has 0 saturated heterocycles. The van der Waals surface area contributed by atoms with Gasteiger partial charge in [0.2, 0.25) is 0 Å². The van der Waals surface area contributed by atoms with Gasteiger partial charge in [0.05, 0.1) is 0 Å². The molecule has 4 nitrogen and oxygen atoms in total. The molecule has 4 heteroatoms. The molecular formula is C30H39N3O. The minimum Gasteiger partial charge on any atom is -0.352 e. The van der Waals surface area contributed by atoms with Crippen molar-refractivity contribution in [2.24, 2.45) is 0 Å². The number of rotatable bonds is 9. The predicted molar refractivity (Wildman–Crippen MR) is 142 cm³/mol. The summed E-state index contributed by atoms with van der Waals surface area (Å²) in [6.45, 7) is 3.98. The van der Waals surface area contributed by atoms with Crippen molar-refractivity contribution < 1.29 is 4.79 Å². The SMILES string of the molecule is CC(NC1CCCC(c2ccc(C(=O)NCCCN(C)C)cc2)C1)c1cccc2ccccc12. The van der Waals surface area contributed by atoms with Gasteiger partial charge in [0.15, 0.2) is 0 Å². The third-order valence-electron chi connectivity index (χ3n) is 7.16. The van der Waals surface area contributed by atoms with Crippen LogP contribution in [0.25, 0.3) is 10.8 Å². The molecule has 3 unspecified atom stereocenters. The largest absolute Gasteiger partial charge is 0.352 e. The second-order valence-corrected chi connectivity index (χ2v) is 10.1. The Morgan fingerprint density at radius 3 is 2.56 bits per heavy atom. The number of fused-ring (bicyclic) bond motifs is 1. The molecule has 0 aliphatic heterocycles. The summed E-state index contributed by atoms with van der Waals surface area (Å²) in [5.41, 5.74) is 3.48. The highest BCUT2D eigenvalue weighted by Crippen LogP contribution is 2.34. The molecule has 0 aromatic heterocycles. The minimum atomic E-state index is 0.0254. The maximum absolute atomic E-state index is 12.4. The molecule has 0 spiro atoms. The number of benzene rings is 3. The third-order valence-corrected chi connectivity index (χ3v) is 7.16. The summed E-state index contributed by atoms with van der Waals surface area (Å²) >= 11 is 0. The standard InChI is InChI=1S/C30H39N3O/c1-22(28-14-7-10-24-9-4-5-13-29(24)28)32-27-12-6-11-26(21-27)23-15-17-25(18-16-23)30(34)31-19-8-20-33(2)3/h4-5,7,9-10,13-18,22,26-27,32H,6,8,11-12,19-21H2,1-3H3,(H,31,34). The Hall–Kier alpha value is -2.69. The lowest BCUT2D eigenvalue weighted by Crippen LogP contribution is -2.35. The number of nitrogens with zero attached hydrogens (tertiary/aromatic N) is 1. The normalized spacial score (nSPS) is 19.3. The first-order valence-electron chi connectivity index (χ1n) is 12.8. The Labute approximate surface area is 204 Å². The van der Waals surface area contributed by atoms with E-state index in [2.05, 4.69) is 91.1 Å². The van der Waals surface area contributed by atoms with Crippen molar-refractivity contribution in [3.05, 3.63) is 83.4 Å². The molecule has 0 bridgehead atoms. The molecule has 3 aromatic carbocycles. The van der Waals surface area contributed by atoms with Gasteiger partial charge in [-0.15, -0.1) is 0 Å². The topological polar surface area (TPSA) is 44.4 Å². The quantitative estimate of drug-likeness (QED) is 0.393. The molecule has 1 saturated carbocycles. The van der Waals surface area contributed by atoms with Gasteiger partial charge < -0.3 is 15.5 Å². The molecule has 1 amide bonds. The summed E-state index contributed by atoms with van der Waals surface area (Å²) in [6, 6.07) is 24.4. The van der Waals surface area contributed by atoms with Crippen LogP contribution in [-0.2, 0) is 0 Å². The number of carbonyl (C=O) groups excluding carboxylic acids is 1. The summed E-state index contributed by atoms with van der Waals surface area (Å²) in [4.78, 5) is 14.6. The van der Waals surface area contributed by atoms with Crippen molar-refractivity contribution in [2.75, 3.05) is 27.2 Å². The predicted octanol–water partition coefficient (Wildman–Crippen LogP) is 5.90. The monoisotopic (exact) mass is 457 g/mol. The van der Waals surface area contributed by atoms with Crippen LogP contribution in [0.3, 0.4) is 0 Å². The van der Waals surface area contributed by atoms with Gasteiger partial charge in [0.1, 0.15) is 0 Å². The summed E-state index contributed by atoms with van der Waals surface area (Å²) in [5.74, 6) is 0.570. The smallest absolute Gasteiger partial charge is 0.251 e. The number of amides is 1. The van der Waals surface area contributed by atoms with E-state index in [1.807, 2.05) is 12.1 Å². The summed E-state index contributed by atoms with van der Waals surface area (Å²) < 4.78 is 0. The van der Waals surface area contributed by atoms with E-state index in [0.29, 0.717) is 24.5 Å². The first-order chi connectivity index (χ1) is 16.5. The Balaban J connectivity index is 1.34. The van der Waals surface area contributed by atoms with Gasteiger partial charge in [-0.05, 0) is 93.2 Å². The van der Waals surface area contributed by atoms with Gasteiger partial charge in [0, 0.05) is 24.2 Å². The highest BCUT2D eigenvalue weighted by atomic mass is 16.1. The van der Waals surface area contributed by atoms with Crippen molar-refractivity contribution in [2.45, 2.75) is 57.0 Å². The van der Waals surface area contributed by atoms with E-state index in [-0.39, 0.29) is 5.91 Å². The van der Waals surface area contributed by atoms with Gasteiger partial charge in [-0.1, -0.05) is 61.0 Å². The Morgan fingerprint density at radius 1 is 1.00 bits per heavy atom. The fraction of sp³-hybridized carbons (Fsp3) is 0.433. The number of nitrogens with one attached hydrogen (secondary N) is 2. The molecule has 3 atom stereocenters. The van der Waals surface area contributed by atoms with Crippen LogP contribution in [0.2, 0.25) is 0 Å². The zero-order valence-electron chi connectivity index (χ0n) is 20.9. The van der Waals surface area contributed by atoms with Gasteiger partial charge in [-0.3, -0.25) is 4.79 Å². The van der Waals surface area contributed by atoms with Crippen molar-refractivity contribution in [1.29, 1.82) is 0 Å². The van der Waals surface area contributed by atoms with E-state index in [9.17, 15) is 4.79 Å². The average Bonchev–Trinajstić information content (AvgIpc) is 2.86. The van der Waals surface area contributed by atoms with E-state index in [1.54, 1.807) is 0 Å². The molecule has 1 fully saturated rings. The molecule has 180 valence electrons. The van der Waals surface area contributed by atoms with Crippen LogP contribution >= 0.6 is 0 Å². The van der Waals surface area contributed by atoms with E-state index < -0.39 is 0 Å². The molecule has 1 aliphatic rings. The van der Waals surface area contributed by atoms with Crippen LogP contribution in [0.15, 0.2) is 66.7 Å². The van der Waals surface area contributed by atoms with Crippen LogP contribution in [0.5, 0.6) is 0 Å². The molecule has 0 heterocycles. The maximum atomic E-state index is 12.4. The molecule has 2 N–H and O–H groups in total. The molecule has 4 rings (SSSR count). The summed E-state index contributed by atoms with van der Waals surface area (Å²) in [6.07, 6.45) is 5.78. The highest BCUT2D eigenvalue weighted by molar-refractivity contribution is 5.94. The first kappa shape index (κ1) is 24.4. The van der Waals surface area contributed by atoms with Crippen molar-refractivity contribution in [1.82, 2.24) is 15.5 Å². The van der Waals surface area contributed by atoms with E-state index in [4.69, 9.17) is 0 Å². The van der Waals surface area contributed by atoms with Gasteiger partial charge in [-0.25, -0.2) is 0 Å². The van der Waals surface area contributed by atoms with Gasteiger partial charge in [0.25, 0.3) is 5.91 Å². The minimum absolute atomic E-state index is 0.0254. The fourth-order valence-electron chi connectivity index (χ4n) is 5.32. The van der Waals surface area contributed by atoms with Gasteiger partial charge >= 0.3 is 0 Å². The van der Waals surface area contributed by atoms with Crippen LogP contribution in [0.1, 0.15) is 72.5 Å². The highest BCUT2D eigenvalue weighted by Gasteiger charge is 2.25. The lowest BCUT2D eigenvalue weighted by Gasteiger charge is -2.32. The Morgan fingerprint density at radius 2 is 1.76 bits per heavy atom. The van der Waals surface area contributed by atoms with Crippen LogP contribution in [-0.4, -0.2) is 44.0 Å². The first-order valence-corrected chi connectivity index (χ1v) is 12.8. The summed E-state index contributed by atoms with van der Waals surface area (Å²) in [7, 11) is 4.10. The van der Waals surface area contributed by atoms with Crippen LogP contribution < -0.4 is 10.6 Å². The average molecular weight is 458 g/mol. The third kappa shape index (κ3) is 6.25. The number of hydrogen-bond acceptors (Lipinski definition) is 3.